The van der Waals surface area contributed by atoms with Gasteiger partial charge >= 0.3 is 12.0 Å². The quantitative estimate of drug-likeness (QED) is 0.654. The number of urea groups is 1. The SMILES string of the molecule is CC(C)(C)C(NC(=O)NC1CC1)C(=O)O. The van der Waals surface area contributed by atoms with E-state index < -0.39 is 17.4 Å². The lowest BCUT2D eigenvalue weighted by Gasteiger charge is -2.27. The zero-order valence-corrected chi connectivity index (χ0v) is 9.33. The summed E-state index contributed by atoms with van der Waals surface area (Å²) in [6, 6.07) is -1.02. The van der Waals surface area contributed by atoms with E-state index in [1.807, 2.05) is 0 Å². The van der Waals surface area contributed by atoms with Gasteiger partial charge in [0.2, 0.25) is 0 Å². The van der Waals surface area contributed by atoms with Crippen LogP contribution in [-0.2, 0) is 4.79 Å². The van der Waals surface area contributed by atoms with Crippen LogP contribution in [0.5, 0.6) is 0 Å². The van der Waals surface area contributed by atoms with Gasteiger partial charge in [-0.3, -0.25) is 0 Å². The lowest BCUT2D eigenvalue weighted by molar-refractivity contribution is -0.141. The van der Waals surface area contributed by atoms with Crippen molar-refractivity contribution in [3.8, 4) is 0 Å². The highest BCUT2D eigenvalue weighted by Gasteiger charge is 2.33. The van der Waals surface area contributed by atoms with Crippen LogP contribution in [0.1, 0.15) is 33.6 Å². The smallest absolute Gasteiger partial charge is 0.326 e. The van der Waals surface area contributed by atoms with Gasteiger partial charge in [-0.2, -0.15) is 0 Å². The molecule has 0 aromatic carbocycles. The van der Waals surface area contributed by atoms with E-state index in [1.54, 1.807) is 20.8 Å². The molecular formula is C10H18N2O3. The summed E-state index contributed by atoms with van der Waals surface area (Å²) in [5.74, 6) is -1.01. The van der Waals surface area contributed by atoms with E-state index in [9.17, 15) is 9.59 Å². The molecule has 0 heterocycles. The third-order valence-electron chi connectivity index (χ3n) is 2.30. The Morgan fingerprint density at radius 2 is 1.87 bits per heavy atom. The predicted molar refractivity (Wildman–Crippen MR) is 55.6 cm³/mol. The first-order chi connectivity index (χ1) is 6.80. The predicted octanol–water partition coefficient (Wildman–Crippen LogP) is 0.947. The summed E-state index contributed by atoms with van der Waals surface area (Å²) >= 11 is 0. The number of carbonyl (C=O) groups is 2. The van der Waals surface area contributed by atoms with Crippen LogP contribution in [-0.4, -0.2) is 29.2 Å². The lowest BCUT2D eigenvalue weighted by Crippen LogP contribution is -2.52. The van der Waals surface area contributed by atoms with E-state index in [4.69, 9.17) is 5.11 Å². The standard InChI is InChI=1S/C10H18N2O3/c1-10(2,3)7(8(13)14)12-9(15)11-6-4-5-6/h6-7H,4-5H2,1-3H3,(H,13,14)(H2,11,12,15). The first-order valence-electron chi connectivity index (χ1n) is 5.10. The molecule has 5 nitrogen and oxygen atoms in total. The van der Waals surface area contributed by atoms with Crippen molar-refractivity contribution in [2.24, 2.45) is 5.41 Å². The number of carboxylic acids is 1. The number of rotatable bonds is 3. The van der Waals surface area contributed by atoms with E-state index in [1.165, 1.54) is 0 Å². The second-order valence-electron chi connectivity index (χ2n) is 5.03. The number of nitrogens with one attached hydrogen (secondary N) is 2. The minimum Gasteiger partial charge on any atom is -0.480 e. The van der Waals surface area contributed by atoms with E-state index in [-0.39, 0.29) is 12.1 Å². The van der Waals surface area contributed by atoms with Crippen LogP contribution >= 0.6 is 0 Å². The molecule has 0 aliphatic heterocycles. The van der Waals surface area contributed by atoms with Crippen LogP contribution in [0.2, 0.25) is 0 Å². The molecule has 1 aliphatic rings. The molecule has 1 fully saturated rings. The molecule has 1 saturated carbocycles. The topological polar surface area (TPSA) is 78.4 Å². The number of amides is 2. The highest BCUT2D eigenvalue weighted by molar-refractivity contribution is 5.83. The fourth-order valence-electron chi connectivity index (χ4n) is 1.23. The van der Waals surface area contributed by atoms with E-state index in [0.29, 0.717) is 0 Å². The van der Waals surface area contributed by atoms with Crippen molar-refractivity contribution in [1.29, 1.82) is 0 Å². The van der Waals surface area contributed by atoms with E-state index in [0.717, 1.165) is 12.8 Å². The van der Waals surface area contributed by atoms with Crippen molar-refractivity contribution in [3.63, 3.8) is 0 Å². The Hall–Kier alpha value is -1.26. The van der Waals surface area contributed by atoms with Crippen LogP contribution in [0.15, 0.2) is 0 Å². The van der Waals surface area contributed by atoms with Gasteiger partial charge in [0.25, 0.3) is 0 Å². The van der Waals surface area contributed by atoms with Crippen LogP contribution in [0.3, 0.4) is 0 Å². The molecule has 0 spiro atoms. The molecule has 0 bridgehead atoms. The van der Waals surface area contributed by atoms with Crippen molar-refractivity contribution in [1.82, 2.24) is 10.6 Å². The van der Waals surface area contributed by atoms with E-state index in [2.05, 4.69) is 10.6 Å². The zero-order valence-electron chi connectivity index (χ0n) is 9.33. The molecular weight excluding hydrogens is 196 g/mol. The fourth-order valence-corrected chi connectivity index (χ4v) is 1.23. The Kier molecular flexibility index (Phi) is 3.21. The van der Waals surface area contributed by atoms with Crippen molar-refractivity contribution in [2.45, 2.75) is 45.7 Å². The largest absolute Gasteiger partial charge is 0.480 e. The van der Waals surface area contributed by atoms with Crippen molar-refractivity contribution in [3.05, 3.63) is 0 Å². The second-order valence-corrected chi connectivity index (χ2v) is 5.03. The normalized spacial score (nSPS) is 18.1. The van der Waals surface area contributed by atoms with Gasteiger partial charge in [-0.1, -0.05) is 20.8 Å². The molecule has 1 atom stereocenters. The molecule has 86 valence electrons. The molecule has 0 radical (unpaired) electrons. The fraction of sp³-hybridized carbons (Fsp3) is 0.800. The maximum atomic E-state index is 11.4. The maximum Gasteiger partial charge on any atom is 0.326 e. The van der Waals surface area contributed by atoms with Crippen molar-refractivity contribution >= 4 is 12.0 Å². The average molecular weight is 214 g/mol. The number of carbonyl (C=O) groups excluding carboxylic acids is 1. The van der Waals surface area contributed by atoms with Gasteiger partial charge in [0.05, 0.1) is 0 Å². The van der Waals surface area contributed by atoms with Gasteiger partial charge in [0.1, 0.15) is 6.04 Å². The van der Waals surface area contributed by atoms with Gasteiger partial charge < -0.3 is 15.7 Å². The Labute approximate surface area is 89.2 Å². The minimum absolute atomic E-state index is 0.236. The van der Waals surface area contributed by atoms with Crippen LogP contribution < -0.4 is 10.6 Å². The van der Waals surface area contributed by atoms with Gasteiger partial charge in [-0.05, 0) is 18.3 Å². The number of carboxylic acid groups (broad SMARTS) is 1. The van der Waals surface area contributed by atoms with Crippen molar-refractivity contribution < 1.29 is 14.7 Å². The summed E-state index contributed by atoms with van der Waals surface area (Å²) in [6.07, 6.45) is 1.97. The summed E-state index contributed by atoms with van der Waals surface area (Å²) < 4.78 is 0. The summed E-state index contributed by atoms with van der Waals surface area (Å²) in [5, 5.41) is 14.1. The molecule has 15 heavy (non-hydrogen) atoms. The Bertz CT molecular complexity index is 266. The summed E-state index contributed by atoms with van der Waals surface area (Å²) in [6.45, 7) is 5.34. The molecule has 1 aliphatic carbocycles. The second kappa shape index (κ2) is 4.08. The van der Waals surface area contributed by atoms with Crippen LogP contribution in [0, 0.1) is 5.41 Å². The molecule has 2 amide bonds. The van der Waals surface area contributed by atoms with Gasteiger partial charge in [0.15, 0.2) is 0 Å². The van der Waals surface area contributed by atoms with E-state index >= 15 is 0 Å². The highest BCUT2D eigenvalue weighted by atomic mass is 16.4. The first-order valence-corrected chi connectivity index (χ1v) is 5.10. The molecule has 1 rings (SSSR count). The monoisotopic (exact) mass is 214 g/mol. The Morgan fingerprint density at radius 3 is 2.20 bits per heavy atom. The highest BCUT2D eigenvalue weighted by Crippen LogP contribution is 2.21. The van der Waals surface area contributed by atoms with Crippen LogP contribution in [0.4, 0.5) is 4.79 Å². The van der Waals surface area contributed by atoms with Crippen LogP contribution in [0.25, 0.3) is 0 Å². The Balaban J connectivity index is 2.49. The molecule has 0 aromatic heterocycles. The van der Waals surface area contributed by atoms with Crippen molar-refractivity contribution in [2.75, 3.05) is 0 Å². The third-order valence-corrected chi connectivity index (χ3v) is 2.30. The third kappa shape index (κ3) is 3.77. The molecule has 1 unspecified atom stereocenters. The number of aliphatic carboxylic acids is 1. The average Bonchev–Trinajstić information content (AvgIpc) is 2.81. The number of hydrogen-bond donors (Lipinski definition) is 3. The Morgan fingerprint density at radius 1 is 1.33 bits per heavy atom. The first kappa shape index (κ1) is 11.8. The summed E-state index contributed by atoms with van der Waals surface area (Å²) in [5.41, 5.74) is -0.493. The molecule has 5 heteroatoms. The molecule has 3 N–H and O–H groups in total. The minimum atomic E-state index is -1.01. The molecule has 0 aromatic rings. The lowest BCUT2D eigenvalue weighted by atomic mass is 9.87. The maximum absolute atomic E-state index is 11.4. The van der Waals surface area contributed by atoms with Gasteiger partial charge in [-0.25, -0.2) is 9.59 Å². The van der Waals surface area contributed by atoms with Gasteiger partial charge in [0, 0.05) is 6.04 Å². The summed E-state index contributed by atoms with van der Waals surface area (Å²) in [7, 11) is 0. The zero-order chi connectivity index (χ0) is 11.6. The molecule has 0 saturated heterocycles. The number of hydrogen-bond acceptors (Lipinski definition) is 2. The van der Waals surface area contributed by atoms with Gasteiger partial charge in [-0.15, -0.1) is 0 Å². The summed E-state index contributed by atoms with van der Waals surface area (Å²) in [4.78, 5) is 22.3.